The molecule has 0 unspecified atom stereocenters. The van der Waals surface area contributed by atoms with Gasteiger partial charge in [-0.1, -0.05) is 23.2 Å². The van der Waals surface area contributed by atoms with E-state index >= 15 is 0 Å². The Labute approximate surface area is 167 Å². The minimum Gasteiger partial charge on any atom is -0.496 e. The van der Waals surface area contributed by atoms with Crippen LogP contribution in [0.3, 0.4) is 0 Å². The van der Waals surface area contributed by atoms with Crippen LogP contribution < -0.4 is 14.8 Å². The van der Waals surface area contributed by atoms with Crippen molar-refractivity contribution in [2.75, 3.05) is 25.6 Å². The van der Waals surface area contributed by atoms with Gasteiger partial charge in [-0.25, -0.2) is 4.79 Å². The Hall–Kier alpha value is -2.44. The summed E-state index contributed by atoms with van der Waals surface area (Å²) in [5.41, 5.74) is 1.31. The normalized spacial score (nSPS) is 10.3. The highest BCUT2D eigenvalue weighted by Gasteiger charge is 2.18. The van der Waals surface area contributed by atoms with Crippen molar-refractivity contribution < 1.29 is 23.8 Å². The lowest BCUT2D eigenvalue weighted by Crippen LogP contribution is -2.20. The van der Waals surface area contributed by atoms with Crippen molar-refractivity contribution in [3.8, 4) is 11.5 Å². The molecule has 0 aliphatic heterocycles. The zero-order valence-corrected chi connectivity index (χ0v) is 16.6. The van der Waals surface area contributed by atoms with E-state index in [2.05, 4.69) is 5.32 Å². The van der Waals surface area contributed by atoms with Crippen LogP contribution in [-0.4, -0.2) is 32.2 Å². The van der Waals surface area contributed by atoms with Gasteiger partial charge in [0.25, 0.3) is 5.91 Å². The topological polar surface area (TPSA) is 73.9 Å². The van der Waals surface area contributed by atoms with E-state index in [1.807, 2.05) is 6.92 Å². The molecule has 0 saturated carbocycles. The quantitative estimate of drug-likeness (QED) is 0.678. The van der Waals surface area contributed by atoms with Crippen molar-refractivity contribution in [1.29, 1.82) is 0 Å². The van der Waals surface area contributed by atoms with Gasteiger partial charge < -0.3 is 19.5 Å². The Morgan fingerprint density at radius 2 is 1.85 bits per heavy atom. The molecule has 0 atom stereocenters. The predicted molar refractivity (Wildman–Crippen MR) is 104 cm³/mol. The predicted octanol–water partition coefficient (Wildman–Crippen LogP) is 4.50. The van der Waals surface area contributed by atoms with E-state index in [9.17, 15) is 9.59 Å². The lowest BCUT2D eigenvalue weighted by Gasteiger charge is -2.13. The number of methoxy groups -OCH3 is 1. The van der Waals surface area contributed by atoms with E-state index in [1.165, 1.54) is 19.2 Å². The highest BCUT2D eigenvalue weighted by Crippen LogP contribution is 2.31. The van der Waals surface area contributed by atoms with Gasteiger partial charge in [0, 0.05) is 11.1 Å². The van der Waals surface area contributed by atoms with Crippen LogP contribution in [-0.2, 0) is 9.53 Å². The minimum absolute atomic E-state index is 0.176. The Balaban J connectivity index is 2.08. The number of rotatable bonds is 7. The van der Waals surface area contributed by atoms with E-state index in [-0.39, 0.29) is 29.5 Å². The largest absolute Gasteiger partial charge is 0.496 e. The van der Waals surface area contributed by atoms with Crippen molar-refractivity contribution in [2.45, 2.75) is 13.8 Å². The van der Waals surface area contributed by atoms with Gasteiger partial charge in [-0.15, -0.1) is 0 Å². The molecule has 0 aromatic heterocycles. The molecule has 2 aromatic carbocycles. The summed E-state index contributed by atoms with van der Waals surface area (Å²) in [6.45, 7) is 3.54. The smallest absolute Gasteiger partial charge is 0.341 e. The third-order valence-corrected chi connectivity index (χ3v) is 4.29. The van der Waals surface area contributed by atoms with Gasteiger partial charge in [0.2, 0.25) is 0 Å². The van der Waals surface area contributed by atoms with E-state index in [0.717, 1.165) is 5.56 Å². The second-order valence-corrected chi connectivity index (χ2v) is 6.32. The summed E-state index contributed by atoms with van der Waals surface area (Å²) in [6.07, 6.45) is 0. The molecule has 1 amide bonds. The summed E-state index contributed by atoms with van der Waals surface area (Å²) in [5.74, 6) is -0.221. The Kier molecular flexibility index (Phi) is 7.33. The number of hydrogen-bond acceptors (Lipinski definition) is 5. The van der Waals surface area contributed by atoms with Gasteiger partial charge in [-0.05, 0) is 43.7 Å². The summed E-state index contributed by atoms with van der Waals surface area (Å²) in [4.78, 5) is 24.1. The summed E-state index contributed by atoms with van der Waals surface area (Å²) < 4.78 is 15.6. The number of carbonyl (C=O) groups excluding carboxylic acids is 2. The average molecular weight is 412 g/mol. The summed E-state index contributed by atoms with van der Waals surface area (Å²) >= 11 is 12.1. The average Bonchev–Trinajstić information content (AvgIpc) is 2.64. The van der Waals surface area contributed by atoms with Crippen molar-refractivity contribution in [3.63, 3.8) is 0 Å². The molecule has 0 radical (unpaired) electrons. The highest BCUT2D eigenvalue weighted by atomic mass is 35.5. The number of aryl methyl sites for hydroxylation is 1. The maximum Gasteiger partial charge on any atom is 0.341 e. The van der Waals surface area contributed by atoms with E-state index < -0.39 is 11.9 Å². The van der Waals surface area contributed by atoms with E-state index in [1.54, 1.807) is 25.1 Å². The first-order valence-corrected chi connectivity index (χ1v) is 8.84. The Bertz CT molecular complexity index is 854. The number of esters is 1. The maximum atomic E-state index is 12.2. The monoisotopic (exact) mass is 411 g/mol. The summed E-state index contributed by atoms with van der Waals surface area (Å²) in [7, 11) is 1.41. The van der Waals surface area contributed by atoms with Crippen LogP contribution in [0.15, 0.2) is 30.3 Å². The number of nitrogens with one attached hydrogen (secondary N) is 1. The molecule has 0 saturated heterocycles. The molecule has 144 valence electrons. The molecule has 0 bridgehead atoms. The lowest BCUT2D eigenvalue weighted by atomic mass is 10.1. The molecule has 0 heterocycles. The number of hydrogen-bond donors (Lipinski definition) is 1. The SMILES string of the molecule is CCOC(=O)c1cc(Cl)c(NC(=O)COc2ccc(Cl)c(C)c2)cc1OC. The first kappa shape index (κ1) is 20.9. The van der Waals surface area contributed by atoms with Crippen molar-refractivity contribution in [3.05, 3.63) is 51.5 Å². The standard InChI is InChI=1S/C19H19Cl2NO5/c1-4-26-19(24)13-8-15(21)16(9-17(13)25-3)22-18(23)10-27-12-5-6-14(20)11(2)7-12/h5-9H,4,10H2,1-3H3,(H,22,23). The molecule has 27 heavy (non-hydrogen) atoms. The fraction of sp³-hybridized carbons (Fsp3) is 0.263. The molecule has 8 heteroatoms. The summed E-state index contributed by atoms with van der Waals surface area (Å²) in [5, 5.41) is 3.42. The first-order valence-electron chi connectivity index (χ1n) is 8.09. The van der Waals surface area contributed by atoms with Crippen LogP contribution in [0.5, 0.6) is 11.5 Å². The Morgan fingerprint density at radius 3 is 2.48 bits per heavy atom. The van der Waals surface area contributed by atoms with Crippen LogP contribution in [0.2, 0.25) is 10.0 Å². The van der Waals surface area contributed by atoms with E-state index in [0.29, 0.717) is 16.5 Å². The zero-order valence-electron chi connectivity index (χ0n) is 15.1. The number of ether oxygens (including phenoxy) is 3. The molecular weight excluding hydrogens is 393 g/mol. The van der Waals surface area contributed by atoms with Gasteiger partial charge in [0.05, 0.1) is 24.4 Å². The van der Waals surface area contributed by atoms with Crippen LogP contribution in [0.25, 0.3) is 0 Å². The summed E-state index contributed by atoms with van der Waals surface area (Å²) in [6, 6.07) is 7.95. The number of amides is 1. The second kappa shape index (κ2) is 9.48. The van der Waals surface area contributed by atoms with Crippen molar-refractivity contribution in [2.24, 2.45) is 0 Å². The number of halogens is 2. The fourth-order valence-electron chi connectivity index (χ4n) is 2.23. The minimum atomic E-state index is -0.560. The molecule has 0 aliphatic rings. The van der Waals surface area contributed by atoms with Crippen molar-refractivity contribution >= 4 is 40.8 Å². The maximum absolute atomic E-state index is 12.2. The number of carbonyl (C=O) groups is 2. The molecular formula is C19H19Cl2NO5. The molecule has 1 N–H and O–H groups in total. The lowest BCUT2D eigenvalue weighted by molar-refractivity contribution is -0.118. The van der Waals surface area contributed by atoms with Gasteiger partial charge >= 0.3 is 5.97 Å². The van der Waals surface area contributed by atoms with Gasteiger partial charge in [-0.3, -0.25) is 4.79 Å². The third kappa shape index (κ3) is 5.52. The zero-order chi connectivity index (χ0) is 20.0. The molecule has 0 fully saturated rings. The first-order chi connectivity index (χ1) is 12.8. The van der Waals surface area contributed by atoms with Crippen LogP contribution in [0.1, 0.15) is 22.8 Å². The molecule has 0 spiro atoms. The van der Waals surface area contributed by atoms with E-state index in [4.69, 9.17) is 37.4 Å². The Morgan fingerprint density at radius 1 is 1.11 bits per heavy atom. The van der Waals surface area contributed by atoms with Crippen LogP contribution in [0, 0.1) is 6.92 Å². The van der Waals surface area contributed by atoms with Crippen LogP contribution in [0.4, 0.5) is 5.69 Å². The van der Waals surface area contributed by atoms with Crippen LogP contribution >= 0.6 is 23.2 Å². The second-order valence-electron chi connectivity index (χ2n) is 5.50. The molecule has 2 aromatic rings. The molecule has 2 rings (SSSR count). The van der Waals surface area contributed by atoms with Gasteiger partial charge in [0.1, 0.15) is 17.1 Å². The van der Waals surface area contributed by atoms with Crippen molar-refractivity contribution in [1.82, 2.24) is 0 Å². The fourth-order valence-corrected chi connectivity index (χ4v) is 2.56. The molecule has 6 nitrogen and oxygen atoms in total. The number of anilines is 1. The molecule has 0 aliphatic carbocycles. The number of benzene rings is 2. The highest BCUT2D eigenvalue weighted by molar-refractivity contribution is 6.34. The third-order valence-electron chi connectivity index (χ3n) is 3.56. The van der Waals surface area contributed by atoms with Gasteiger partial charge in [-0.2, -0.15) is 0 Å². The van der Waals surface area contributed by atoms with Gasteiger partial charge in [0.15, 0.2) is 6.61 Å².